The first-order valence-corrected chi connectivity index (χ1v) is 10.6. The highest BCUT2D eigenvalue weighted by atomic mass is 16.2. The molecule has 2 amide bonds. The maximum Gasteiger partial charge on any atom is 0.250 e. The quantitative estimate of drug-likeness (QED) is 0.336. The second kappa shape index (κ2) is 9.39. The van der Waals surface area contributed by atoms with Crippen molar-refractivity contribution >= 4 is 34.1 Å². The van der Waals surface area contributed by atoms with E-state index in [1.807, 2.05) is 55.6 Å². The van der Waals surface area contributed by atoms with Crippen LogP contribution in [0.2, 0.25) is 0 Å². The molecule has 4 rings (SSSR count). The number of aromatic nitrogens is 1. The lowest BCUT2D eigenvalue weighted by Crippen LogP contribution is -2.25. The van der Waals surface area contributed by atoms with Gasteiger partial charge in [0.2, 0.25) is 5.91 Å². The molecular formula is C26H26N4O2. The van der Waals surface area contributed by atoms with Gasteiger partial charge < -0.3 is 21.4 Å². The van der Waals surface area contributed by atoms with Crippen LogP contribution < -0.4 is 16.4 Å². The number of rotatable bonds is 8. The summed E-state index contributed by atoms with van der Waals surface area (Å²) < 4.78 is 0. The van der Waals surface area contributed by atoms with Crippen molar-refractivity contribution in [3.63, 3.8) is 0 Å². The van der Waals surface area contributed by atoms with Gasteiger partial charge in [-0.3, -0.25) is 9.59 Å². The molecule has 6 nitrogen and oxygen atoms in total. The fraction of sp³-hybridized carbons (Fsp3) is 0.154. The summed E-state index contributed by atoms with van der Waals surface area (Å²) in [5.74, 6) is -0.808. The largest absolute Gasteiger partial charge is 0.376 e. The molecule has 1 heterocycles. The van der Waals surface area contributed by atoms with Gasteiger partial charge in [-0.25, -0.2) is 0 Å². The van der Waals surface area contributed by atoms with Crippen LogP contribution in [0.3, 0.4) is 0 Å². The summed E-state index contributed by atoms with van der Waals surface area (Å²) in [6.07, 6.45) is 3.35. The maximum absolute atomic E-state index is 12.7. The van der Waals surface area contributed by atoms with Gasteiger partial charge in [0, 0.05) is 22.8 Å². The zero-order valence-corrected chi connectivity index (χ0v) is 17.9. The van der Waals surface area contributed by atoms with Crippen LogP contribution in [0.15, 0.2) is 72.9 Å². The lowest BCUT2D eigenvalue weighted by Gasteiger charge is -2.16. The van der Waals surface area contributed by atoms with Crippen LogP contribution in [-0.2, 0) is 17.6 Å². The average molecular weight is 427 g/mol. The van der Waals surface area contributed by atoms with E-state index in [1.54, 1.807) is 12.1 Å². The zero-order chi connectivity index (χ0) is 22.5. The van der Waals surface area contributed by atoms with Crippen LogP contribution in [0.25, 0.3) is 10.9 Å². The molecule has 0 saturated heterocycles. The van der Waals surface area contributed by atoms with Crippen LogP contribution in [0.4, 0.5) is 11.4 Å². The summed E-state index contributed by atoms with van der Waals surface area (Å²) in [6.45, 7) is 2.06. The molecule has 0 aliphatic heterocycles. The van der Waals surface area contributed by atoms with Crippen LogP contribution >= 0.6 is 0 Å². The number of amides is 2. The van der Waals surface area contributed by atoms with Gasteiger partial charge >= 0.3 is 0 Å². The molecule has 1 aromatic heterocycles. The monoisotopic (exact) mass is 426 g/mol. The van der Waals surface area contributed by atoms with E-state index in [0.717, 1.165) is 28.8 Å². The molecule has 162 valence electrons. The van der Waals surface area contributed by atoms with Crippen LogP contribution in [0, 0.1) is 6.92 Å². The standard InChI is InChI=1S/C26H26N4O2/c1-17-6-2-3-10-22(17)29-16-24(31)30-25-19(8-4-9-21(25)26(27)32)13-12-18-7-5-11-23-20(18)14-15-28-23/h2-11,14-15,28-29H,12-13,16H2,1H3,(H2,27,32)(H,30,31). The predicted molar refractivity (Wildman–Crippen MR) is 129 cm³/mol. The Morgan fingerprint density at radius 2 is 1.66 bits per heavy atom. The average Bonchev–Trinajstić information content (AvgIpc) is 3.27. The van der Waals surface area contributed by atoms with Gasteiger partial charge in [0.1, 0.15) is 0 Å². The van der Waals surface area contributed by atoms with Gasteiger partial charge in [-0.05, 0) is 60.7 Å². The molecule has 5 N–H and O–H groups in total. The van der Waals surface area contributed by atoms with Crippen LogP contribution in [0.5, 0.6) is 0 Å². The van der Waals surface area contributed by atoms with E-state index in [1.165, 1.54) is 10.9 Å². The summed E-state index contributed by atoms with van der Waals surface area (Å²) in [6, 6.07) is 21.3. The third kappa shape index (κ3) is 4.64. The Labute approximate surface area is 186 Å². The number of para-hydroxylation sites is 2. The minimum Gasteiger partial charge on any atom is -0.376 e. The summed E-state index contributed by atoms with van der Waals surface area (Å²) in [5.41, 5.74) is 11.5. The number of primary amides is 1. The van der Waals surface area contributed by atoms with E-state index in [9.17, 15) is 9.59 Å². The highest BCUT2D eigenvalue weighted by Gasteiger charge is 2.16. The number of nitrogens with one attached hydrogen (secondary N) is 3. The third-order valence-corrected chi connectivity index (χ3v) is 5.61. The first-order valence-electron chi connectivity index (χ1n) is 10.6. The molecule has 0 aliphatic rings. The van der Waals surface area contributed by atoms with Gasteiger partial charge in [-0.15, -0.1) is 0 Å². The Bertz CT molecular complexity index is 1280. The number of hydrogen-bond acceptors (Lipinski definition) is 3. The van der Waals surface area contributed by atoms with Gasteiger partial charge in [0.25, 0.3) is 5.91 Å². The van der Waals surface area contributed by atoms with Gasteiger partial charge in [0.05, 0.1) is 17.8 Å². The smallest absolute Gasteiger partial charge is 0.250 e. The molecule has 0 fully saturated rings. The number of benzene rings is 3. The van der Waals surface area contributed by atoms with Crippen molar-refractivity contribution < 1.29 is 9.59 Å². The Morgan fingerprint density at radius 1 is 0.906 bits per heavy atom. The van der Waals surface area contributed by atoms with E-state index in [-0.39, 0.29) is 12.5 Å². The molecule has 0 saturated carbocycles. The second-order valence-electron chi connectivity index (χ2n) is 7.78. The number of fused-ring (bicyclic) bond motifs is 1. The lowest BCUT2D eigenvalue weighted by molar-refractivity contribution is -0.114. The van der Waals surface area contributed by atoms with Gasteiger partial charge in [-0.1, -0.05) is 42.5 Å². The summed E-state index contributed by atoms with van der Waals surface area (Å²) in [5, 5.41) is 7.23. The van der Waals surface area contributed by atoms with Gasteiger partial charge in [-0.2, -0.15) is 0 Å². The molecular weight excluding hydrogens is 400 g/mol. The molecule has 4 aromatic rings. The summed E-state index contributed by atoms with van der Waals surface area (Å²) >= 11 is 0. The minimum atomic E-state index is -0.568. The molecule has 32 heavy (non-hydrogen) atoms. The first kappa shape index (κ1) is 21.2. The zero-order valence-electron chi connectivity index (χ0n) is 17.9. The van der Waals surface area contributed by atoms with E-state index < -0.39 is 5.91 Å². The number of nitrogens with two attached hydrogens (primary N) is 1. The predicted octanol–water partition coefficient (Wildman–Crippen LogP) is 4.41. The summed E-state index contributed by atoms with van der Waals surface area (Å²) in [7, 11) is 0. The maximum atomic E-state index is 12.7. The van der Waals surface area contributed by atoms with Crippen LogP contribution in [-0.4, -0.2) is 23.3 Å². The van der Waals surface area contributed by atoms with Crippen LogP contribution in [0.1, 0.15) is 27.0 Å². The number of carbonyl (C=O) groups excluding carboxylic acids is 2. The van der Waals surface area contributed by atoms with Crippen molar-refractivity contribution in [1.29, 1.82) is 0 Å². The SMILES string of the molecule is Cc1ccccc1NCC(=O)Nc1c(CCc2cccc3[nH]ccc23)cccc1C(N)=O. The Kier molecular flexibility index (Phi) is 6.22. The normalized spacial score (nSPS) is 10.8. The number of anilines is 2. The van der Waals surface area contributed by atoms with Crippen molar-refractivity contribution in [2.24, 2.45) is 5.73 Å². The van der Waals surface area contributed by atoms with Crippen molar-refractivity contribution in [1.82, 2.24) is 4.98 Å². The van der Waals surface area contributed by atoms with Gasteiger partial charge in [0.15, 0.2) is 0 Å². The fourth-order valence-corrected chi connectivity index (χ4v) is 3.93. The van der Waals surface area contributed by atoms with Crippen molar-refractivity contribution in [2.75, 3.05) is 17.2 Å². The van der Waals surface area contributed by atoms with E-state index in [2.05, 4.69) is 27.8 Å². The highest BCUT2D eigenvalue weighted by molar-refractivity contribution is 6.04. The van der Waals surface area contributed by atoms with E-state index >= 15 is 0 Å². The van der Waals surface area contributed by atoms with Crippen molar-refractivity contribution in [3.8, 4) is 0 Å². The Balaban J connectivity index is 1.52. The molecule has 0 unspecified atom stereocenters. The van der Waals surface area contributed by atoms with Crippen molar-refractivity contribution in [3.05, 3.63) is 95.2 Å². The molecule has 0 radical (unpaired) electrons. The van der Waals surface area contributed by atoms with Crippen molar-refractivity contribution in [2.45, 2.75) is 19.8 Å². The Morgan fingerprint density at radius 3 is 2.47 bits per heavy atom. The number of aryl methyl sites for hydroxylation is 3. The third-order valence-electron chi connectivity index (χ3n) is 5.61. The van der Waals surface area contributed by atoms with E-state index in [0.29, 0.717) is 17.7 Å². The first-order chi connectivity index (χ1) is 15.5. The van der Waals surface area contributed by atoms with E-state index in [4.69, 9.17) is 5.73 Å². The molecule has 3 aromatic carbocycles. The molecule has 0 bridgehead atoms. The summed E-state index contributed by atoms with van der Waals surface area (Å²) in [4.78, 5) is 28.0. The molecule has 0 aliphatic carbocycles. The number of carbonyl (C=O) groups is 2. The number of H-pyrrole nitrogens is 1. The minimum absolute atomic E-state index is 0.0834. The Hall–Kier alpha value is -4.06. The second-order valence-corrected chi connectivity index (χ2v) is 7.78. The molecule has 0 spiro atoms. The molecule has 6 heteroatoms. The lowest BCUT2D eigenvalue weighted by atomic mass is 9.98. The fourth-order valence-electron chi connectivity index (χ4n) is 3.93. The number of aromatic amines is 1. The topological polar surface area (TPSA) is 100 Å². The molecule has 0 atom stereocenters. The number of hydrogen-bond donors (Lipinski definition) is 4. The highest BCUT2D eigenvalue weighted by Crippen LogP contribution is 2.25.